The van der Waals surface area contributed by atoms with E-state index in [1.807, 2.05) is 19.9 Å². The van der Waals surface area contributed by atoms with E-state index in [4.69, 9.17) is 0 Å². The van der Waals surface area contributed by atoms with E-state index in [9.17, 15) is 19.5 Å². The molecule has 7 unspecified atom stereocenters. The Hall–Kier alpha value is -1.45. The van der Waals surface area contributed by atoms with Crippen LogP contribution in [0.4, 0.5) is 0 Å². The molecule has 0 aromatic carbocycles. The molecule has 0 aromatic rings. The molecule has 7 atom stereocenters. The number of allylic oxidation sites excluding steroid dienone is 1. The summed E-state index contributed by atoms with van der Waals surface area (Å²) in [5, 5.41) is 10.4. The molecule has 3 fully saturated rings. The van der Waals surface area contributed by atoms with Crippen LogP contribution in [0.2, 0.25) is 0 Å². The summed E-state index contributed by atoms with van der Waals surface area (Å²) in [5.74, 6) is -0.147. The highest BCUT2D eigenvalue weighted by Gasteiger charge is 2.82. The summed E-state index contributed by atoms with van der Waals surface area (Å²) >= 11 is 0. The maximum atomic E-state index is 12.7. The first-order valence-electron chi connectivity index (χ1n) is 9.20. The minimum atomic E-state index is -1.17. The van der Waals surface area contributed by atoms with Gasteiger partial charge >= 0.3 is 5.97 Å². The quantitative estimate of drug-likeness (QED) is 0.635. The standard InChI is InChI=1S/C20H26O4/c1-11(2)15-7-18(9-21)8-19(10-22)14-5-4-12(3)13(14)6-16(18)20(15,19)17(23)24/h7,9-14,16H,4-6,8H2,1-3H3,(H,23,24). The Morgan fingerprint density at radius 1 is 1.29 bits per heavy atom. The number of carbonyl (C=O) groups excluding carboxylic acids is 2. The smallest absolute Gasteiger partial charge is 0.315 e. The van der Waals surface area contributed by atoms with Crippen molar-refractivity contribution in [3.8, 4) is 0 Å². The second-order valence-electron chi connectivity index (χ2n) is 9.05. The number of carboxylic acids is 1. The highest BCUT2D eigenvalue weighted by molar-refractivity contribution is 5.92. The Kier molecular flexibility index (Phi) is 3.06. The maximum absolute atomic E-state index is 12.7. The molecule has 0 heterocycles. The van der Waals surface area contributed by atoms with E-state index in [1.54, 1.807) is 0 Å². The van der Waals surface area contributed by atoms with Gasteiger partial charge in [-0.1, -0.05) is 38.8 Å². The molecule has 4 bridgehead atoms. The van der Waals surface area contributed by atoms with Gasteiger partial charge < -0.3 is 14.7 Å². The second kappa shape index (κ2) is 4.59. The second-order valence-corrected chi connectivity index (χ2v) is 9.05. The van der Waals surface area contributed by atoms with Gasteiger partial charge in [0, 0.05) is 5.41 Å². The molecule has 0 saturated heterocycles. The first kappa shape index (κ1) is 16.0. The van der Waals surface area contributed by atoms with Crippen LogP contribution in [0, 0.1) is 45.8 Å². The van der Waals surface area contributed by atoms with Crippen molar-refractivity contribution in [1.29, 1.82) is 0 Å². The van der Waals surface area contributed by atoms with Crippen molar-refractivity contribution in [2.24, 2.45) is 45.8 Å². The lowest BCUT2D eigenvalue weighted by Crippen LogP contribution is -2.58. The summed E-state index contributed by atoms with van der Waals surface area (Å²) in [7, 11) is 0. The Labute approximate surface area is 142 Å². The van der Waals surface area contributed by atoms with Gasteiger partial charge in [-0.2, -0.15) is 0 Å². The van der Waals surface area contributed by atoms with Crippen molar-refractivity contribution in [3.63, 3.8) is 0 Å². The van der Waals surface area contributed by atoms with E-state index >= 15 is 0 Å². The van der Waals surface area contributed by atoms with Crippen molar-refractivity contribution >= 4 is 18.5 Å². The molecule has 4 aliphatic carbocycles. The topological polar surface area (TPSA) is 71.4 Å². The van der Waals surface area contributed by atoms with Gasteiger partial charge in [-0.15, -0.1) is 0 Å². The fourth-order valence-electron chi connectivity index (χ4n) is 7.39. The third-order valence-electron chi connectivity index (χ3n) is 8.12. The summed E-state index contributed by atoms with van der Waals surface area (Å²) in [6.07, 6.45) is 6.98. The zero-order valence-corrected chi connectivity index (χ0v) is 14.6. The lowest BCUT2D eigenvalue weighted by molar-refractivity contribution is -0.169. The minimum absolute atomic E-state index is 0.0282. The van der Waals surface area contributed by atoms with E-state index in [1.165, 1.54) is 0 Å². The Morgan fingerprint density at radius 3 is 2.54 bits per heavy atom. The number of hydrogen-bond donors (Lipinski definition) is 1. The van der Waals surface area contributed by atoms with Gasteiger partial charge in [0.15, 0.2) is 0 Å². The SMILES string of the molecule is CC(C)C1=CC2(C=O)CC3(C=O)C4CCC(C)C4CC2C13C(=O)O. The number of aliphatic carboxylic acids is 1. The summed E-state index contributed by atoms with van der Waals surface area (Å²) in [5.41, 5.74) is -2.02. The van der Waals surface area contributed by atoms with E-state index in [0.29, 0.717) is 18.3 Å². The Balaban J connectivity index is 2.03. The van der Waals surface area contributed by atoms with Gasteiger partial charge in [0.2, 0.25) is 0 Å². The molecular formula is C20H26O4. The summed E-state index contributed by atoms with van der Waals surface area (Å²) in [6, 6.07) is 0. The minimum Gasteiger partial charge on any atom is -0.481 e. The predicted octanol–water partition coefficient (Wildman–Crippen LogP) is 3.11. The number of rotatable bonds is 4. The first-order chi connectivity index (χ1) is 11.3. The largest absolute Gasteiger partial charge is 0.481 e. The van der Waals surface area contributed by atoms with Crippen LogP contribution in [-0.2, 0) is 14.4 Å². The van der Waals surface area contributed by atoms with Crippen LogP contribution in [0.3, 0.4) is 0 Å². The molecule has 0 spiro atoms. The average molecular weight is 330 g/mol. The molecule has 0 aromatic heterocycles. The number of carbonyl (C=O) groups is 3. The fraction of sp³-hybridized carbons (Fsp3) is 0.750. The average Bonchev–Trinajstić information content (AvgIpc) is 3.12. The van der Waals surface area contributed by atoms with Gasteiger partial charge in [0.25, 0.3) is 0 Å². The highest BCUT2D eigenvalue weighted by atomic mass is 16.4. The molecule has 4 nitrogen and oxygen atoms in total. The van der Waals surface area contributed by atoms with Crippen molar-refractivity contribution < 1.29 is 19.5 Å². The predicted molar refractivity (Wildman–Crippen MR) is 88.1 cm³/mol. The van der Waals surface area contributed by atoms with E-state index in [2.05, 4.69) is 6.92 Å². The van der Waals surface area contributed by atoms with Crippen LogP contribution < -0.4 is 0 Å². The van der Waals surface area contributed by atoms with Crippen molar-refractivity contribution in [2.45, 2.75) is 46.5 Å². The van der Waals surface area contributed by atoms with Crippen molar-refractivity contribution in [3.05, 3.63) is 11.6 Å². The highest BCUT2D eigenvalue weighted by Crippen LogP contribution is 2.80. The lowest BCUT2D eigenvalue weighted by atomic mass is 9.47. The molecule has 1 N–H and O–H groups in total. The van der Waals surface area contributed by atoms with Gasteiger partial charge in [-0.05, 0) is 48.9 Å². The summed E-state index contributed by atoms with van der Waals surface area (Å²) in [6.45, 7) is 6.19. The van der Waals surface area contributed by atoms with Crippen LogP contribution >= 0.6 is 0 Å². The van der Waals surface area contributed by atoms with Crippen LogP contribution in [0.25, 0.3) is 0 Å². The number of hydrogen-bond acceptors (Lipinski definition) is 3. The molecule has 0 radical (unpaired) electrons. The van der Waals surface area contributed by atoms with Crippen LogP contribution in [0.15, 0.2) is 11.6 Å². The summed E-state index contributed by atoms with van der Waals surface area (Å²) < 4.78 is 0. The van der Waals surface area contributed by atoms with Crippen molar-refractivity contribution in [2.75, 3.05) is 0 Å². The molecule has 3 saturated carbocycles. The number of carboxylic acid groups (broad SMARTS) is 1. The normalized spacial score (nSPS) is 51.4. The monoisotopic (exact) mass is 330 g/mol. The van der Waals surface area contributed by atoms with Crippen LogP contribution in [-0.4, -0.2) is 23.6 Å². The lowest BCUT2D eigenvalue weighted by Gasteiger charge is -2.53. The fourth-order valence-corrected chi connectivity index (χ4v) is 7.39. The van der Waals surface area contributed by atoms with E-state index in [-0.39, 0.29) is 17.8 Å². The Bertz CT molecular complexity index is 665. The molecule has 4 heteroatoms. The van der Waals surface area contributed by atoms with Gasteiger partial charge in [-0.3, -0.25) is 4.79 Å². The summed E-state index contributed by atoms with van der Waals surface area (Å²) in [4.78, 5) is 37.4. The zero-order valence-electron chi connectivity index (χ0n) is 14.6. The zero-order chi connectivity index (χ0) is 17.5. The molecule has 0 aliphatic heterocycles. The van der Waals surface area contributed by atoms with Gasteiger partial charge in [-0.25, -0.2) is 0 Å². The molecule has 4 aliphatic rings. The van der Waals surface area contributed by atoms with E-state index < -0.39 is 22.2 Å². The first-order valence-corrected chi connectivity index (χ1v) is 9.20. The van der Waals surface area contributed by atoms with Crippen molar-refractivity contribution in [1.82, 2.24) is 0 Å². The van der Waals surface area contributed by atoms with Gasteiger partial charge in [0.1, 0.15) is 18.0 Å². The van der Waals surface area contributed by atoms with Gasteiger partial charge in [0.05, 0.1) is 5.41 Å². The third-order valence-corrected chi connectivity index (χ3v) is 8.12. The molecule has 24 heavy (non-hydrogen) atoms. The Morgan fingerprint density at radius 2 is 2.00 bits per heavy atom. The molecule has 130 valence electrons. The van der Waals surface area contributed by atoms with Crippen LogP contribution in [0.5, 0.6) is 0 Å². The molecule has 4 rings (SSSR count). The number of fused-ring (bicyclic) bond motifs is 2. The maximum Gasteiger partial charge on any atom is 0.315 e. The van der Waals surface area contributed by atoms with Crippen LogP contribution in [0.1, 0.15) is 46.5 Å². The third kappa shape index (κ3) is 1.38. The molecular weight excluding hydrogens is 304 g/mol. The molecule has 0 amide bonds. The number of aldehydes is 2. The van der Waals surface area contributed by atoms with E-state index in [0.717, 1.165) is 37.4 Å².